The van der Waals surface area contributed by atoms with E-state index >= 15 is 0 Å². The molecule has 1 fully saturated rings. The van der Waals surface area contributed by atoms with Crippen LogP contribution in [-0.4, -0.2) is 62.7 Å². The highest BCUT2D eigenvalue weighted by Gasteiger charge is 2.17. The summed E-state index contributed by atoms with van der Waals surface area (Å²) >= 11 is 0. The Bertz CT molecular complexity index is 233. The zero-order chi connectivity index (χ0) is 12.7. The van der Waals surface area contributed by atoms with Crippen molar-refractivity contribution in [2.75, 3.05) is 46.9 Å². The number of nitrogens with zero attached hydrogens (tertiary/aromatic N) is 2. The van der Waals surface area contributed by atoms with E-state index in [4.69, 9.17) is 4.74 Å². The number of carbonyl (C=O) groups excluding carboxylic acids is 1. The summed E-state index contributed by atoms with van der Waals surface area (Å²) in [4.78, 5) is 15.7. The lowest BCUT2D eigenvalue weighted by Gasteiger charge is -2.30. The molecule has 1 saturated heterocycles. The molecule has 17 heavy (non-hydrogen) atoms. The van der Waals surface area contributed by atoms with E-state index in [1.165, 1.54) is 32.4 Å². The van der Waals surface area contributed by atoms with E-state index in [0.717, 1.165) is 12.5 Å². The number of piperidine rings is 1. The van der Waals surface area contributed by atoms with E-state index in [-0.39, 0.29) is 5.97 Å². The molecule has 4 nitrogen and oxygen atoms in total. The first-order chi connectivity index (χ1) is 8.11. The van der Waals surface area contributed by atoms with Crippen LogP contribution in [0.1, 0.15) is 26.2 Å². The maximum Gasteiger partial charge on any atom is 0.320 e. The van der Waals surface area contributed by atoms with Crippen molar-refractivity contribution >= 4 is 5.97 Å². The van der Waals surface area contributed by atoms with Crippen LogP contribution >= 0.6 is 0 Å². The molecule has 0 bridgehead atoms. The molecule has 0 aromatic carbocycles. The third kappa shape index (κ3) is 6.03. The van der Waals surface area contributed by atoms with Crippen LogP contribution in [-0.2, 0) is 9.53 Å². The van der Waals surface area contributed by atoms with Crippen molar-refractivity contribution in [3.8, 4) is 0 Å². The molecule has 1 atom stereocenters. The van der Waals surface area contributed by atoms with Crippen molar-refractivity contribution < 1.29 is 9.53 Å². The van der Waals surface area contributed by atoms with E-state index in [1.807, 2.05) is 14.0 Å². The zero-order valence-corrected chi connectivity index (χ0v) is 11.4. The van der Waals surface area contributed by atoms with Crippen LogP contribution in [0.5, 0.6) is 0 Å². The number of likely N-dealkylation sites (N-methyl/N-ethyl adjacent to an activating group) is 1. The second kappa shape index (κ2) is 7.67. The fraction of sp³-hybridized carbons (Fsp3) is 0.923. The van der Waals surface area contributed by atoms with Gasteiger partial charge < -0.3 is 9.64 Å². The van der Waals surface area contributed by atoms with Crippen LogP contribution in [0.4, 0.5) is 0 Å². The first-order valence-corrected chi connectivity index (χ1v) is 6.64. The molecule has 0 radical (unpaired) electrons. The van der Waals surface area contributed by atoms with Crippen molar-refractivity contribution in [3.63, 3.8) is 0 Å². The van der Waals surface area contributed by atoms with Gasteiger partial charge in [0.05, 0.1) is 13.2 Å². The molecule has 0 aromatic rings. The van der Waals surface area contributed by atoms with Crippen molar-refractivity contribution in [2.24, 2.45) is 5.92 Å². The molecule has 0 spiro atoms. The highest BCUT2D eigenvalue weighted by Crippen LogP contribution is 2.18. The van der Waals surface area contributed by atoms with Crippen molar-refractivity contribution in [2.45, 2.75) is 26.2 Å². The fourth-order valence-electron chi connectivity index (χ4n) is 2.42. The predicted molar refractivity (Wildman–Crippen MR) is 69.0 cm³/mol. The normalized spacial score (nSPS) is 21.8. The second-order valence-corrected chi connectivity index (χ2v) is 5.10. The Labute approximate surface area is 105 Å². The molecule has 0 amide bonds. The summed E-state index contributed by atoms with van der Waals surface area (Å²) in [6.45, 7) is 6.14. The summed E-state index contributed by atoms with van der Waals surface area (Å²) in [6, 6.07) is 0. The van der Waals surface area contributed by atoms with E-state index in [0.29, 0.717) is 13.2 Å². The molecule has 0 aromatic heterocycles. The van der Waals surface area contributed by atoms with Gasteiger partial charge in [0, 0.05) is 6.54 Å². The van der Waals surface area contributed by atoms with Gasteiger partial charge in [0.1, 0.15) is 0 Å². The van der Waals surface area contributed by atoms with Crippen LogP contribution in [0.2, 0.25) is 0 Å². The van der Waals surface area contributed by atoms with Gasteiger partial charge in [-0.05, 0) is 59.3 Å². The monoisotopic (exact) mass is 242 g/mol. The van der Waals surface area contributed by atoms with Gasteiger partial charge in [0.2, 0.25) is 0 Å². The first kappa shape index (κ1) is 14.5. The van der Waals surface area contributed by atoms with Crippen molar-refractivity contribution in [3.05, 3.63) is 0 Å². The van der Waals surface area contributed by atoms with Crippen LogP contribution in [0.25, 0.3) is 0 Å². The molecule has 1 aliphatic rings. The Morgan fingerprint density at radius 2 is 2.29 bits per heavy atom. The van der Waals surface area contributed by atoms with Gasteiger partial charge in [0.25, 0.3) is 0 Å². The molecule has 1 rings (SSSR count). The first-order valence-electron chi connectivity index (χ1n) is 6.64. The number of rotatable bonds is 6. The molecule has 100 valence electrons. The lowest BCUT2D eigenvalue weighted by molar-refractivity contribution is -0.144. The van der Waals surface area contributed by atoms with Gasteiger partial charge in [-0.25, -0.2) is 0 Å². The van der Waals surface area contributed by atoms with Crippen LogP contribution < -0.4 is 0 Å². The Kier molecular flexibility index (Phi) is 6.52. The van der Waals surface area contributed by atoms with Gasteiger partial charge in [-0.2, -0.15) is 0 Å². The van der Waals surface area contributed by atoms with Gasteiger partial charge in [-0.3, -0.25) is 9.69 Å². The second-order valence-electron chi connectivity index (χ2n) is 5.10. The summed E-state index contributed by atoms with van der Waals surface area (Å²) < 4.78 is 4.93. The third-order valence-corrected chi connectivity index (χ3v) is 3.35. The summed E-state index contributed by atoms with van der Waals surface area (Å²) in [6.07, 6.45) is 3.82. The minimum atomic E-state index is -0.115. The molecule has 1 unspecified atom stereocenters. The number of hydrogen-bond acceptors (Lipinski definition) is 4. The van der Waals surface area contributed by atoms with E-state index in [9.17, 15) is 4.79 Å². The van der Waals surface area contributed by atoms with E-state index < -0.39 is 0 Å². The zero-order valence-electron chi connectivity index (χ0n) is 11.4. The molecule has 1 aliphatic heterocycles. The Balaban J connectivity index is 2.14. The Morgan fingerprint density at radius 3 is 2.94 bits per heavy atom. The van der Waals surface area contributed by atoms with E-state index in [1.54, 1.807) is 0 Å². The molecular formula is C13H26N2O2. The Hall–Kier alpha value is -0.610. The molecule has 0 N–H and O–H groups in total. The average molecular weight is 242 g/mol. The van der Waals surface area contributed by atoms with Gasteiger partial charge in [-0.1, -0.05) is 0 Å². The van der Waals surface area contributed by atoms with E-state index in [2.05, 4.69) is 16.8 Å². The molecular weight excluding hydrogens is 216 g/mol. The summed E-state index contributed by atoms with van der Waals surface area (Å²) in [7, 11) is 4.18. The van der Waals surface area contributed by atoms with Gasteiger partial charge >= 0.3 is 5.97 Å². The van der Waals surface area contributed by atoms with Gasteiger partial charge in [-0.15, -0.1) is 0 Å². The highest BCUT2D eigenvalue weighted by molar-refractivity contribution is 5.71. The minimum Gasteiger partial charge on any atom is -0.465 e. The van der Waals surface area contributed by atoms with Crippen LogP contribution in [0.3, 0.4) is 0 Å². The van der Waals surface area contributed by atoms with Crippen molar-refractivity contribution in [1.82, 2.24) is 9.80 Å². The smallest absolute Gasteiger partial charge is 0.320 e. The minimum absolute atomic E-state index is 0.115. The van der Waals surface area contributed by atoms with Crippen LogP contribution in [0.15, 0.2) is 0 Å². The number of esters is 1. The molecule has 1 heterocycles. The molecule has 0 saturated carbocycles. The molecule has 0 aliphatic carbocycles. The maximum atomic E-state index is 11.3. The lowest BCUT2D eigenvalue weighted by atomic mass is 9.95. The number of ether oxygens (including phenoxy) is 1. The predicted octanol–water partition coefficient (Wildman–Crippen LogP) is 1.21. The lowest BCUT2D eigenvalue weighted by Crippen LogP contribution is -2.35. The SMILES string of the molecule is CCOC(=O)CN(C)CCC1CCCN(C)C1. The summed E-state index contributed by atoms with van der Waals surface area (Å²) in [5.74, 6) is 0.675. The van der Waals surface area contributed by atoms with Gasteiger partial charge in [0.15, 0.2) is 0 Å². The third-order valence-electron chi connectivity index (χ3n) is 3.35. The van der Waals surface area contributed by atoms with Crippen LogP contribution in [0, 0.1) is 5.92 Å². The maximum absolute atomic E-state index is 11.3. The highest BCUT2D eigenvalue weighted by atomic mass is 16.5. The largest absolute Gasteiger partial charge is 0.465 e. The number of hydrogen-bond donors (Lipinski definition) is 0. The standard InChI is InChI=1S/C13H26N2O2/c1-4-17-13(16)11-15(3)9-7-12-6-5-8-14(2)10-12/h12H,4-11H2,1-3H3. The number of likely N-dealkylation sites (tertiary alicyclic amines) is 1. The number of carbonyl (C=O) groups is 1. The quantitative estimate of drug-likeness (QED) is 0.656. The Morgan fingerprint density at radius 1 is 1.53 bits per heavy atom. The molecule has 4 heteroatoms. The van der Waals surface area contributed by atoms with Crippen molar-refractivity contribution in [1.29, 1.82) is 0 Å². The average Bonchev–Trinajstić information content (AvgIpc) is 2.27. The topological polar surface area (TPSA) is 32.8 Å². The summed E-state index contributed by atoms with van der Waals surface area (Å²) in [5, 5.41) is 0. The summed E-state index contributed by atoms with van der Waals surface area (Å²) in [5.41, 5.74) is 0. The fourth-order valence-corrected chi connectivity index (χ4v) is 2.42.